The smallest absolute Gasteiger partial charge is 0.0580 e. The monoisotopic (exact) mass is 253 g/mol. The first-order chi connectivity index (χ1) is 8.66. The summed E-state index contributed by atoms with van der Waals surface area (Å²) in [7, 11) is 2.28. The predicted molar refractivity (Wildman–Crippen MR) is 76.6 cm³/mol. The molecule has 18 heavy (non-hydrogen) atoms. The lowest BCUT2D eigenvalue weighted by Gasteiger charge is -2.36. The SMILES string of the molecule is CC1CCC(N(C)CC2CCCCCC2O)CC1. The van der Waals surface area contributed by atoms with Crippen molar-refractivity contribution in [1.29, 1.82) is 0 Å². The molecule has 0 spiro atoms. The second-order valence-corrected chi connectivity index (χ2v) is 6.82. The lowest BCUT2D eigenvalue weighted by Crippen LogP contribution is -2.40. The Hall–Kier alpha value is -0.0800. The molecule has 2 saturated carbocycles. The van der Waals surface area contributed by atoms with E-state index in [-0.39, 0.29) is 6.10 Å². The molecule has 106 valence electrons. The van der Waals surface area contributed by atoms with Crippen molar-refractivity contribution in [3.63, 3.8) is 0 Å². The molecule has 2 aliphatic rings. The van der Waals surface area contributed by atoms with Gasteiger partial charge < -0.3 is 10.0 Å². The topological polar surface area (TPSA) is 23.5 Å². The Bertz CT molecular complexity index is 235. The number of aliphatic hydroxyl groups is 1. The summed E-state index contributed by atoms with van der Waals surface area (Å²) in [6.45, 7) is 3.49. The molecule has 2 rings (SSSR count). The van der Waals surface area contributed by atoms with Gasteiger partial charge >= 0.3 is 0 Å². The van der Waals surface area contributed by atoms with Gasteiger partial charge in [-0.05, 0) is 57.4 Å². The van der Waals surface area contributed by atoms with E-state index in [0.29, 0.717) is 5.92 Å². The van der Waals surface area contributed by atoms with Gasteiger partial charge in [0, 0.05) is 12.6 Å². The standard InChI is InChI=1S/C16H31NO/c1-13-8-10-15(11-9-13)17(2)12-14-6-4-3-5-7-16(14)18/h13-16,18H,3-12H2,1-2H3. The third-order valence-corrected chi connectivity index (χ3v) is 5.25. The van der Waals surface area contributed by atoms with Crippen LogP contribution in [0.2, 0.25) is 0 Å². The summed E-state index contributed by atoms with van der Waals surface area (Å²) in [4.78, 5) is 2.55. The van der Waals surface area contributed by atoms with Crippen molar-refractivity contribution in [3.05, 3.63) is 0 Å². The summed E-state index contributed by atoms with van der Waals surface area (Å²) >= 11 is 0. The van der Waals surface area contributed by atoms with Crippen molar-refractivity contribution in [2.24, 2.45) is 11.8 Å². The van der Waals surface area contributed by atoms with E-state index in [0.717, 1.165) is 24.9 Å². The van der Waals surface area contributed by atoms with Gasteiger partial charge in [0.15, 0.2) is 0 Å². The first-order valence-electron chi connectivity index (χ1n) is 8.05. The van der Waals surface area contributed by atoms with E-state index in [9.17, 15) is 5.11 Å². The summed E-state index contributed by atoms with van der Waals surface area (Å²) in [5.74, 6) is 1.45. The van der Waals surface area contributed by atoms with Crippen LogP contribution < -0.4 is 0 Å². The van der Waals surface area contributed by atoms with Gasteiger partial charge in [-0.25, -0.2) is 0 Å². The van der Waals surface area contributed by atoms with Gasteiger partial charge in [0.1, 0.15) is 0 Å². The van der Waals surface area contributed by atoms with Crippen LogP contribution in [0.25, 0.3) is 0 Å². The highest BCUT2D eigenvalue weighted by Gasteiger charge is 2.27. The lowest BCUT2D eigenvalue weighted by atomic mass is 9.86. The van der Waals surface area contributed by atoms with E-state index in [4.69, 9.17) is 0 Å². The van der Waals surface area contributed by atoms with E-state index in [2.05, 4.69) is 18.9 Å². The van der Waals surface area contributed by atoms with Crippen molar-refractivity contribution in [1.82, 2.24) is 4.90 Å². The third kappa shape index (κ3) is 3.96. The Labute approximate surface area is 113 Å². The molecular formula is C16H31NO. The van der Waals surface area contributed by atoms with Crippen LogP contribution in [0.5, 0.6) is 0 Å². The van der Waals surface area contributed by atoms with Crippen LogP contribution in [-0.2, 0) is 0 Å². The second-order valence-electron chi connectivity index (χ2n) is 6.82. The highest BCUT2D eigenvalue weighted by molar-refractivity contribution is 4.81. The van der Waals surface area contributed by atoms with E-state index >= 15 is 0 Å². The summed E-state index contributed by atoms with van der Waals surface area (Å²) < 4.78 is 0. The van der Waals surface area contributed by atoms with Gasteiger partial charge in [0.05, 0.1) is 6.10 Å². The van der Waals surface area contributed by atoms with E-state index in [1.807, 2.05) is 0 Å². The van der Waals surface area contributed by atoms with Crippen molar-refractivity contribution in [3.8, 4) is 0 Å². The average Bonchev–Trinajstić information content (AvgIpc) is 2.56. The fraction of sp³-hybridized carbons (Fsp3) is 1.00. The third-order valence-electron chi connectivity index (χ3n) is 5.25. The van der Waals surface area contributed by atoms with Crippen molar-refractivity contribution in [2.45, 2.75) is 76.9 Å². The molecule has 0 aromatic rings. The van der Waals surface area contributed by atoms with Gasteiger partial charge in [0.25, 0.3) is 0 Å². The van der Waals surface area contributed by atoms with E-state index < -0.39 is 0 Å². The Morgan fingerprint density at radius 3 is 2.33 bits per heavy atom. The number of aliphatic hydroxyl groups excluding tert-OH is 1. The molecule has 1 N–H and O–H groups in total. The van der Waals surface area contributed by atoms with Crippen LogP contribution in [0, 0.1) is 11.8 Å². The van der Waals surface area contributed by atoms with Gasteiger partial charge in [0.2, 0.25) is 0 Å². The summed E-state index contributed by atoms with van der Waals surface area (Å²) in [6.07, 6.45) is 11.6. The molecule has 2 aliphatic carbocycles. The van der Waals surface area contributed by atoms with Crippen molar-refractivity contribution < 1.29 is 5.11 Å². The van der Waals surface area contributed by atoms with Crippen LogP contribution in [0.1, 0.15) is 64.7 Å². The average molecular weight is 253 g/mol. The van der Waals surface area contributed by atoms with E-state index in [1.54, 1.807) is 0 Å². The largest absolute Gasteiger partial charge is 0.393 e. The van der Waals surface area contributed by atoms with E-state index in [1.165, 1.54) is 51.4 Å². The Morgan fingerprint density at radius 2 is 1.61 bits per heavy atom. The molecular weight excluding hydrogens is 222 g/mol. The minimum atomic E-state index is -0.0440. The molecule has 2 fully saturated rings. The van der Waals surface area contributed by atoms with Crippen LogP contribution in [0.4, 0.5) is 0 Å². The molecule has 2 unspecified atom stereocenters. The highest BCUT2D eigenvalue weighted by atomic mass is 16.3. The molecule has 0 aromatic heterocycles. The molecule has 0 heterocycles. The minimum absolute atomic E-state index is 0.0440. The van der Waals surface area contributed by atoms with Crippen LogP contribution >= 0.6 is 0 Å². The quantitative estimate of drug-likeness (QED) is 0.779. The Morgan fingerprint density at radius 1 is 0.944 bits per heavy atom. The minimum Gasteiger partial charge on any atom is -0.393 e. The normalized spacial score (nSPS) is 38.7. The van der Waals surface area contributed by atoms with Gasteiger partial charge in [-0.1, -0.05) is 26.2 Å². The maximum Gasteiger partial charge on any atom is 0.0580 e. The van der Waals surface area contributed by atoms with Crippen LogP contribution in [0.15, 0.2) is 0 Å². The molecule has 0 saturated heterocycles. The van der Waals surface area contributed by atoms with Gasteiger partial charge in [-0.15, -0.1) is 0 Å². The zero-order valence-electron chi connectivity index (χ0n) is 12.3. The molecule has 0 bridgehead atoms. The Balaban J connectivity index is 1.80. The molecule has 2 nitrogen and oxygen atoms in total. The predicted octanol–water partition coefficient (Wildman–Crippen LogP) is 3.44. The fourth-order valence-electron chi connectivity index (χ4n) is 3.78. The first-order valence-corrected chi connectivity index (χ1v) is 8.05. The second kappa shape index (κ2) is 6.91. The van der Waals surface area contributed by atoms with Gasteiger partial charge in [-0.2, -0.15) is 0 Å². The number of hydrogen-bond acceptors (Lipinski definition) is 2. The molecule has 2 heteroatoms. The zero-order valence-corrected chi connectivity index (χ0v) is 12.3. The number of nitrogens with zero attached hydrogens (tertiary/aromatic N) is 1. The molecule has 0 amide bonds. The van der Waals surface area contributed by atoms with Crippen molar-refractivity contribution in [2.75, 3.05) is 13.6 Å². The fourth-order valence-corrected chi connectivity index (χ4v) is 3.78. The molecule has 0 radical (unpaired) electrons. The zero-order chi connectivity index (χ0) is 13.0. The number of hydrogen-bond donors (Lipinski definition) is 1. The van der Waals surface area contributed by atoms with Crippen LogP contribution in [0.3, 0.4) is 0 Å². The maximum atomic E-state index is 10.2. The Kier molecular flexibility index (Phi) is 5.50. The number of rotatable bonds is 3. The summed E-state index contributed by atoms with van der Waals surface area (Å²) in [6, 6.07) is 0.775. The maximum absolute atomic E-state index is 10.2. The molecule has 0 aromatic carbocycles. The molecule has 2 atom stereocenters. The first kappa shape index (κ1) is 14.3. The summed E-state index contributed by atoms with van der Waals surface area (Å²) in [5.41, 5.74) is 0. The lowest BCUT2D eigenvalue weighted by molar-refractivity contribution is 0.0606. The highest BCUT2D eigenvalue weighted by Crippen LogP contribution is 2.29. The van der Waals surface area contributed by atoms with Crippen LogP contribution in [-0.4, -0.2) is 35.7 Å². The van der Waals surface area contributed by atoms with Gasteiger partial charge in [-0.3, -0.25) is 0 Å². The molecule has 0 aliphatic heterocycles. The van der Waals surface area contributed by atoms with Crippen molar-refractivity contribution >= 4 is 0 Å². The summed E-state index contributed by atoms with van der Waals surface area (Å²) in [5, 5.41) is 10.2.